The third-order valence-corrected chi connectivity index (χ3v) is 9.60. The third-order valence-electron chi connectivity index (χ3n) is 8.45. The standard InChI is InChI=1S/C40H53N3S2/c1-25(2)19-37-33(39(31-15-11-27(5)12-16-31)35(23-44-9)29(7)42-37)21-41-22-34-38(20-26(3)4)43-30(8)36(24-45-10)40(34)32-17-13-28(6)14-18-32/h11-18,25-26,41H,19-24H2,1-10H3. The van der Waals surface area contributed by atoms with Crippen LogP contribution in [-0.4, -0.2) is 22.5 Å². The van der Waals surface area contributed by atoms with Crippen LogP contribution >= 0.6 is 23.5 Å². The van der Waals surface area contributed by atoms with Gasteiger partial charge in [-0.05, 0) is 109 Å². The van der Waals surface area contributed by atoms with Gasteiger partial charge < -0.3 is 5.32 Å². The van der Waals surface area contributed by atoms with Gasteiger partial charge in [0.25, 0.3) is 0 Å². The average molecular weight is 640 g/mol. The molecule has 3 nitrogen and oxygen atoms in total. The molecule has 0 radical (unpaired) electrons. The number of rotatable bonds is 14. The highest BCUT2D eigenvalue weighted by Gasteiger charge is 2.22. The SMILES string of the molecule is CSCc1c(C)nc(CC(C)C)c(CNCc2c(CC(C)C)nc(C)c(CSC)c2-c2ccc(C)cc2)c1-c1ccc(C)cc1. The largest absolute Gasteiger partial charge is 0.308 e. The zero-order chi connectivity index (χ0) is 32.7. The molecule has 4 aromatic rings. The maximum atomic E-state index is 5.27. The molecule has 0 atom stereocenters. The minimum Gasteiger partial charge on any atom is -0.308 e. The molecule has 0 bridgehead atoms. The van der Waals surface area contributed by atoms with Gasteiger partial charge in [-0.3, -0.25) is 9.97 Å². The van der Waals surface area contributed by atoms with Crippen molar-refractivity contribution in [2.75, 3.05) is 12.5 Å². The topological polar surface area (TPSA) is 37.8 Å². The molecule has 0 saturated heterocycles. The van der Waals surface area contributed by atoms with Gasteiger partial charge in [0.1, 0.15) is 0 Å². The molecule has 5 heteroatoms. The molecular weight excluding hydrogens is 587 g/mol. The Morgan fingerprint density at radius 1 is 0.556 bits per heavy atom. The van der Waals surface area contributed by atoms with Crippen LogP contribution in [0.15, 0.2) is 48.5 Å². The summed E-state index contributed by atoms with van der Waals surface area (Å²) in [7, 11) is 0. The summed E-state index contributed by atoms with van der Waals surface area (Å²) in [5.41, 5.74) is 18.0. The van der Waals surface area contributed by atoms with Gasteiger partial charge in [-0.1, -0.05) is 87.4 Å². The fourth-order valence-corrected chi connectivity index (χ4v) is 7.56. The Hall–Kier alpha value is -2.60. The lowest BCUT2D eigenvalue weighted by molar-refractivity contribution is 0.605. The van der Waals surface area contributed by atoms with Gasteiger partial charge >= 0.3 is 0 Å². The maximum Gasteiger partial charge on any atom is 0.0460 e. The highest BCUT2D eigenvalue weighted by atomic mass is 32.2. The van der Waals surface area contributed by atoms with E-state index in [0.29, 0.717) is 11.8 Å². The van der Waals surface area contributed by atoms with Crippen molar-refractivity contribution in [3.05, 3.63) is 105 Å². The Balaban J connectivity index is 1.86. The molecule has 0 saturated carbocycles. The first-order valence-corrected chi connectivity index (χ1v) is 19.2. The van der Waals surface area contributed by atoms with E-state index in [4.69, 9.17) is 9.97 Å². The Kier molecular flexibility index (Phi) is 12.8. The van der Waals surface area contributed by atoms with Crippen molar-refractivity contribution >= 4 is 23.5 Å². The van der Waals surface area contributed by atoms with Crippen LogP contribution in [0.1, 0.15) is 83.9 Å². The van der Waals surface area contributed by atoms with E-state index in [-0.39, 0.29) is 0 Å². The zero-order valence-electron chi connectivity index (χ0n) is 29.2. The van der Waals surface area contributed by atoms with Crippen molar-refractivity contribution in [3.63, 3.8) is 0 Å². The molecule has 1 N–H and O–H groups in total. The van der Waals surface area contributed by atoms with Gasteiger partial charge in [-0.15, -0.1) is 0 Å². The molecule has 45 heavy (non-hydrogen) atoms. The normalized spacial score (nSPS) is 11.6. The van der Waals surface area contributed by atoms with Gasteiger partial charge in [0.2, 0.25) is 0 Å². The van der Waals surface area contributed by atoms with E-state index in [2.05, 4.69) is 122 Å². The number of pyridine rings is 2. The smallest absolute Gasteiger partial charge is 0.0460 e. The molecule has 0 aliphatic rings. The van der Waals surface area contributed by atoms with Crippen LogP contribution in [0.4, 0.5) is 0 Å². The molecule has 4 rings (SSSR count). The van der Waals surface area contributed by atoms with Gasteiger partial charge in [-0.25, -0.2) is 0 Å². The predicted molar refractivity (Wildman–Crippen MR) is 200 cm³/mol. The Morgan fingerprint density at radius 2 is 0.911 bits per heavy atom. The Morgan fingerprint density at radius 3 is 1.22 bits per heavy atom. The number of hydrogen-bond acceptors (Lipinski definition) is 5. The minimum absolute atomic E-state index is 0.522. The number of nitrogens with one attached hydrogen (secondary N) is 1. The first-order valence-electron chi connectivity index (χ1n) is 16.4. The molecule has 0 amide bonds. The monoisotopic (exact) mass is 639 g/mol. The molecular formula is C40H53N3S2. The summed E-state index contributed by atoms with van der Waals surface area (Å²) in [6.45, 7) is 19.4. The van der Waals surface area contributed by atoms with Crippen LogP contribution in [0.2, 0.25) is 0 Å². The van der Waals surface area contributed by atoms with Crippen molar-refractivity contribution in [2.24, 2.45) is 11.8 Å². The maximum absolute atomic E-state index is 5.27. The molecule has 2 aromatic carbocycles. The highest BCUT2D eigenvalue weighted by Crippen LogP contribution is 2.37. The van der Waals surface area contributed by atoms with E-state index >= 15 is 0 Å². The lowest BCUT2D eigenvalue weighted by Crippen LogP contribution is -2.21. The number of nitrogens with zero attached hydrogens (tertiary/aromatic N) is 2. The Bertz CT molecular complexity index is 1450. The summed E-state index contributed by atoms with van der Waals surface area (Å²) in [4.78, 5) is 10.5. The van der Waals surface area contributed by atoms with Crippen molar-refractivity contribution in [1.29, 1.82) is 0 Å². The number of thioether (sulfide) groups is 2. The molecule has 2 aromatic heterocycles. The van der Waals surface area contributed by atoms with Gasteiger partial charge in [0.05, 0.1) is 0 Å². The summed E-state index contributed by atoms with van der Waals surface area (Å²) in [5.74, 6) is 2.95. The number of benzene rings is 2. The predicted octanol–water partition coefficient (Wildman–Crippen LogP) is 10.5. The molecule has 0 aliphatic heterocycles. The summed E-state index contributed by atoms with van der Waals surface area (Å²) in [6.07, 6.45) is 6.32. The summed E-state index contributed by atoms with van der Waals surface area (Å²) < 4.78 is 0. The van der Waals surface area contributed by atoms with E-state index in [1.54, 1.807) is 0 Å². The van der Waals surface area contributed by atoms with Crippen LogP contribution in [0.3, 0.4) is 0 Å². The van der Waals surface area contributed by atoms with Crippen LogP contribution in [0, 0.1) is 39.5 Å². The summed E-state index contributed by atoms with van der Waals surface area (Å²) in [6, 6.07) is 18.2. The summed E-state index contributed by atoms with van der Waals surface area (Å²) in [5, 5.41) is 3.97. The lowest BCUT2D eigenvalue weighted by atomic mass is 9.89. The molecule has 240 valence electrons. The molecule has 0 aliphatic carbocycles. The molecule has 0 spiro atoms. The number of aryl methyl sites for hydroxylation is 4. The Labute approximate surface area is 281 Å². The second-order valence-corrected chi connectivity index (χ2v) is 15.1. The quantitative estimate of drug-likeness (QED) is 0.149. The molecule has 2 heterocycles. The first kappa shape index (κ1) is 35.3. The minimum atomic E-state index is 0.522. The number of aromatic nitrogens is 2. The number of hydrogen-bond donors (Lipinski definition) is 1. The van der Waals surface area contributed by atoms with Gasteiger partial charge in [0.15, 0.2) is 0 Å². The molecule has 0 fully saturated rings. The highest BCUT2D eigenvalue weighted by molar-refractivity contribution is 7.98. The zero-order valence-corrected chi connectivity index (χ0v) is 30.9. The van der Waals surface area contributed by atoms with E-state index in [1.807, 2.05) is 23.5 Å². The van der Waals surface area contributed by atoms with Gasteiger partial charge in [0, 0.05) is 47.4 Å². The second-order valence-electron chi connectivity index (χ2n) is 13.3. The fourth-order valence-electron chi connectivity index (χ4n) is 6.27. The van der Waals surface area contributed by atoms with Crippen molar-refractivity contribution < 1.29 is 0 Å². The third kappa shape index (κ3) is 8.81. The lowest BCUT2D eigenvalue weighted by Gasteiger charge is -2.24. The van der Waals surface area contributed by atoms with E-state index < -0.39 is 0 Å². The van der Waals surface area contributed by atoms with Crippen molar-refractivity contribution in [3.8, 4) is 22.3 Å². The van der Waals surface area contributed by atoms with Crippen LogP contribution < -0.4 is 5.32 Å². The van der Waals surface area contributed by atoms with Gasteiger partial charge in [-0.2, -0.15) is 23.5 Å². The van der Waals surface area contributed by atoms with E-state index in [0.717, 1.165) is 48.8 Å². The van der Waals surface area contributed by atoms with E-state index in [9.17, 15) is 0 Å². The first-order chi connectivity index (χ1) is 21.5. The fraction of sp³-hybridized carbons (Fsp3) is 0.450. The van der Waals surface area contributed by atoms with Crippen LogP contribution in [-0.2, 0) is 37.4 Å². The van der Waals surface area contributed by atoms with E-state index in [1.165, 1.54) is 67.0 Å². The van der Waals surface area contributed by atoms with Crippen molar-refractivity contribution in [2.45, 2.75) is 92.8 Å². The molecule has 0 unspecified atom stereocenters. The average Bonchev–Trinajstić information content (AvgIpc) is 2.98. The van der Waals surface area contributed by atoms with Crippen LogP contribution in [0.25, 0.3) is 22.3 Å². The van der Waals surface area contributed by atoms with Crippen LogP contribution in [0.5, 0.6) is 0 Å². The summed E-state index contributed by atoms with van der Waals surface area (Å²) >= 11 is 3.75. The van der Waals surface area contributed by atoms with Crippen molar-refractivity contribution in [1.82, 2.24) is 15.3 Å². The second kappa shape index (κ2) is 16.3.